The number of nitrogens with zero attached hydrogens (tertiary/aromatic N) is 1. The van der Waals surface area contributed by atoms with Gasteiger partial charge < -0.3 is 15.4 Å². The third-order valence-corrected chi connectivity index (χ3v) is 3.39. The number of halogens is 1. The van der Waals surface area contributed by atoms with E-state index in [2.05, 4.69) is 22.5 Å². The monoisotopic (exact) mass is 311 g/mol. The minimum absolute atomic E-state index is 0.251. The molecule has 0 heterocycles. The lowest BCUT2D eigenvalue weighted by Gasteiger charge is -2.21. The van der Waals surface area contributed by atoms with Crippen LogP contribution in [-0.4, -0.2) is 38.3 Å². The zero-order valence-corrected chi connectivity index (χ0v) is 14.1. The number of benzene rings is 1. The molecule has 0 aromatic heterocycles. The summed E-state index contributed by atoms with van der Waals surface area (Å²) in [6.45, 7) is 8.36. The van der Waals surface area contributed by atoms with E-state index in [1.54, 1.807) is 7.11 Å². The van der Waals surface area contributed by atoms with Crippen LogP contribution in [0.25, 0.3) is 0 Å². The quantitative estimate of drug-likeness (QED) is 0.601. The molecule has 0 aliphatic heterocycles. The van der Waals surface area contributed by atoms with Crippen LogP contribution < -0.4 is 10.6 Å². The molecule has 118 valence electrons. The number of ether oxygens (including phenoxy) is 1. The van der Waals surface area contributed by atoms with E-state index in [1.807, 2.05) is 38.1 Å². The Balaban J connectivity index is 2.47. The molecule has 2 N–H and O–H groups in total. The van der Waals surface area contributed by atoms with E-state index in [4.69, 9.17) is 16.3 Å². The molecule has 1 aromatic carbocycles. The molecule has 0 unspecified atom stereocenters. The molecule has 1 aromatic rings. The predicted molar refractivity (Wildman–Crippen MR) is 90.2 cm³/mol. The van der Waals surface area contributed by atoms with Crippen molar-refractivity contribution in [3.05, 3.63) is 34.9 Å². The van der Waals surface area contributed by atoms with Crippen molar-refractivity contribution in [3.63, 3.8) is 0 Å². The Morgan fingerprint density at radius 2 is 1.90 bits per heavy atom. The van der Waals surface area contributed by atoms with Crippen molar-refractivity contribution in [1.82, 2.24) is 10.6 Å². The molecule has 0 bridgehead atoms. The van der Waals surface area contributed by atoms with Gasteiger partial charge in [-0.3, -0.25) is 4.99 Å². The molecule has 0 fully saturated rings. The number of aliphatic imine (C=N–C) groups is 1. The molecular formula is C16H26ClN3O. The van der Waals surface area contributed by atoms with Crippen molar-refractivity contribution in [2.24, 2.45) is 4.99 Å². The van der Waals surface area contributed by atoms with Gasteiger partial charge in [0.05, 0.1) is 12.1 Å². The number of guanidine groups is 1. The van der Waals surface area contributed by atoms with Crippen molar-refractivity contribution >= 4 is 17.6 Å². The molecule has 0 aliphatic rings. The van der Waals surface area contributed by atoms with Gasteiger partial charge in [0.25, 0.3) is 0 Å². The highest BCUT2D eigenvalue weighted by Crippen LogP contribution is 2.09. The van der Waals surface area contributed by atoms with Gasteiger partial charge in [-0.05, 0) is 44.9 Å². The molecule has 0 spiro atoms. The summed E-state index contributed by atoms with van der Waals surface area (Å²) in [5.74, 6) is 0.816. The maximum absolute atomic E-state index is 5.88. The van der Waals surface area contributed by atoms with Gasteiger partial charge in [0.15, 0.2) is 5.96 Å². The van der Waals surface area contributed by atoms with E-state index in [1.165, 1.54) is 5.56 Å². The van der Waals surface area contributed by atoms with E-state index < -0.39 is 0 Å². The lowest BCUT2D eigenvalue weighted by atomic mass is 10.1. The van der Waals surface area contributed by atoms with Gasteiger partial charge in [0, 0.05) is 25.2 Å². The van der Waals surface area contributed by atoms with Crippen LogP contribution >= 0.6 is 11.6 Å². The van der Waals surface area contributed by atoms with Crippen molar-refractivity contribution in [2.45, 2.75) is 32.8 Å². The lowest BCUT2D eigenvalue weighted by molar-refractivity contribution is 0.0310. The first-order valence-corrected chi connectivity index (χ1v) is 7.66. The Hall–Kier alpha value is -1.26. The van der Waals surface area contributed by atoms with Crippen LogP contribution in [0.1, 0.15) is 26.3 Å². The first kappa shape index (κ1) is 17.8. The second kappa shape index (κ2) is 8.90. The molecule has 0 atom stereocenters. The van der Waals surface area contributed by atoms with Crippen LogP contribution in [-0.2, 0) is 11.2 Å². The molecule has 0 aliphatic carbocycles. The van der Waals surface area contributed by atoms with E-state index in [-0.39, 0.29) is 5.60 Å². The fourth-order valence-corrected chi connectivity index (χ4v) is 1.78. The SMILES string of the molecule is CCNC(=NCC(C)(C)OC)NCCc1ccc(Cl)cc1. The Kier molecular flexibility index (Phi) is 7.54. The van der Waals surface area contributed by atoms with Gasteiger partial charge in [-0.1, -0.05) is 23.7 Å². The second-order valence-corrected chi connectivity index (χ2v) is 5.90. The highest BCUT2D eigenvalue weighted by Gasteiger charge is 2.15. The van der Waals surface area contributed by atoms with Crippen molar-refractivity contribution in [1.29, 1.82) is 0 Å². The molecule has 0 saturated carbocycles. The van der Waals surface area contributed by atoms with Gasteiger partial charge in [-0.25, -0.2) is 0 Å². The van der Waals surface area contributed by atoms with Crippen LogP contribution in [0.2, 0.25) is 5.02 Å². The summed E-state index contributed by atoms with van der Waals surface area (Å²) < 4.78 is 5.38. The summed E-state index contributed by atoms with van der Waals surface area (Å²) in [7, 11) is 1.70. The molecular weight excluding hydrogens is 286 g/mol. The van der Waals surface area contributed by atoms with Crippen molar-refractivity contribution in [3.8, 4) is 0 Å². The van der Waals surface area contributed by atoms with Crippen LogP contribution in [0.15, 0.2) is 29.3 Å². The van der Waals surface area contributed by atoms with Gasteiger partial charge in [0.1, 0.15) is 0 Å². The Morgan fingerprint density at radius 3 is 2.48 bits per heavy atom. The van der Waals surface area contributed by atoms with E-state index in [0.29, 0.717) is 6.54 Å². The second-order valence-electron chi connectivity index (χ2n) is 5.46. The normalized spacial score (nSPS) is 12.3. The van der Waals surface area contributed by atoms with Crippen molar-refractivity contribution in [2.75, 3.05) is 26.7 Å². The fraction of sp³-hybridized carbons (Fsp3) is 0.562. The summed E-state index contributed by atoms with van der Waals surface area (Å²) in [6.07, 6.45) is 0.926. The van der Waals surface area contributed by atoms with Gasteiger partial charge in [-0.15, -0.1) is 0 Å². The molecule has 1 rings (SSSR count). The average Bonchev–Trinajstić information content (AvgIpc) is 2.47. The Morgan fingerprint density at radius 1 is 1.24 bits per heavy atom. The summed E-state index contributed by atoms with van der Waals surface area (Å²) in [4.78, 5) is 4.55. The number of rotatable bonds is 7. The minimum Gasteiger partial charge on any atom is -0.377 e. The van der Waals surface area contributed by atoms with Crippen LogP contribution in [0.5, 0.6) is 0 Å². The largest absolute Gasteiger partial charge is 0.377 e. The van der Waals surface area contributed by atoms with E-state index in [9.17, 15) is 0 Å². The molecule has 0 saturated heterocycles. The maximum atomic E-state index is 5.88. The van der Waals surface area contributed by atoms with Crippen LogP contribution in [0, 0.1) is 0 Å². The molecule has 21 heavy (non-hydrogen) atoms. The van der Waals surface area contributed by atoms with Crippen molar-refractivity contribution < 1.29 is 4.74 Å². The number of methoxy groups -OCH3 is 1. The van der Waals surface area contributed by atoms with E-state index in [0.717, 1.165) is 30.5 Å². The topological polar surface area (TPSA) is 45.7 Å². The third kappa shape index (κ3) is 7.34. The third-order valence-electron chi connectivity index (χ3n) is 3.13. The smallest absolute Gasteiger partial charge is 0.191 e. The first-order valence-electron chi connectivity index (χ1n) is 7.28. The maximum Gasteiger partial charge on any atom is 0.191 e. The average molecular weight is 312 g/mol. The highest BCUT2D eigenvalue weighted by atomic mass is 35.5. The number of hydrogen-bond donors (Lipinski definition) is 2. The zero-order valence-electron chi connectivity index (χ0n) is 13.4. The summed E-state index contributed by atoms with van der Waals surface area (Å²) >= 11 is 5.88. The number of hydrogen-bond acceptors (Lipinski definition) is 2. The summed E-state index contributed by atoms with van der Waals surface area (Å²) in [6, 6.07) is 7.92. The standard InChI is InChI=1S/C16H26ClN3O/c1-5-18-15(20-12-16(2,3)21-4)19-11-10-13-6-8-14(17)9-7-13/h6-9H,5,10-12H2,1-4H3,(H2,18,19,20). The van der Waals surface area contributed by atoms with Gasteiger partial charge in [-0.2, -0.15) is 0 Å². The molecule has 5 heteroatoms. The van der Waals surface area contributed by atoms with Gasteiger partial charge >= 0.3 is 0 Å². The van der Waals surface area contributed by atoms with E-state index >= 15 is 0 Å². The molecule has 4 nitrogen and oxygen atoms in total. The van der Waals surface area contributed by atoms with Crippen LogP contribution in [0.4, 0.5) is 0 Å². The zero-order chi connectivity index (χ0) is 15.7. The highest BCUT2D eigenvalue weighted by molar-refractivity contribution is 6.30. The summed E-state index contributed by atoms with van der Waals surface area (Å²) in [5, 5.41) is 7.33. The van der Waals surface area contributed by atoms with Gasteiger partial charge in [0.2, 0.25) is 0 Å². The summed E-state index contributed by atoms with van der Waals surface area (Å²) in [5.41, 5.74) is 0.999. The molecule has 0 amide bonds. The minimum atomic E-state index is -0.251. The Bertz CT molecular complexity index is 443. The predicted octanol–water partition coefficient (Wildman–Crippen LogP) is 2.86. The fourth-order valence-electron chi connectivity index (χ4n) is 1.65. The Labute approximate surface area is 132 Å². The molecule has 0 radical (unpaired) electrons. The first-order chi connectivity index (χ1) is 9.96. The van der Waals surface area contributed by atoms with Crippen LogP contribution in [0.3, 0.4) is 0 Å². The lowest BCUT2D eigenvalue weighted by Crippen LogP contribution is -2.40. The number of nitrogens with one attached hydrogen (secondary N) is 2.